The van der Waals surface area contributed by atoms with Crippen LogP contribution in [0.25, 0.3) is 0 Å². The van der Waals surface area contributed by atoms with Crippen LogP contribution in [0.15, 0.2) is 24.3 Å². The maximum absolute atomic E-state index is 12.3. The van der Waals surface area contributed by atoms with Gasteiger partial charge < -0.3 is 15.2 Å². The number of methoxy groups -OCH3 is 1. The van der Waals surface area contributed by atoms with Crippen LogP contribution in [0, 0.1) is 0 Å². The van der Waals surface area contributed by atoms with Crippen molar-refractivity contribution in [2.24, 2.45) is 0 Å². The van der Waals surface area contributed by atoms with E-state index in [0.29, 0.717) is 13.0 Å². The summed E-state index contributed by atoms with van der Waals surface area (Å²) in [5.41, 5.74) is 1.03. The van der Waals surface area contributed by atoms with Gasteiger partial charge in [-0.1, -0.05) is 32.0 Å². The first-order chi connectivity index (χ1) is 11.9. The highest BCUT2D eigenvalue weighted by Crippen LogP contribution is 2.29. The molecular weight excluding hydrogens is 320 g/mol. The van der Waals surface area contributed by atoms with E-state index in [1.165, 1.54) is 0 Å². The second-order valence-electron chi connectivity index (χ2n) is 6.69. The monoisotopic (exact) mass is 348 g/mol. The number of para-hydroxylation sites is 1. The van der Waals surface area contributed by atoms with E-state index >= 15 is 0 Å². The maximum atomic E-state index is 12.3. The zero-order valence-electron chi connectivity index (χ0n) is 15.2. The Balaban J connectivity index is 1.79. The fourth-order valence-corrected chi connectivity index (χ4v) is 3.42. The Morgan fingerprint density at radius 1 is 1.36 bits per heavy atom. The van der Waals surface area contributed by atoms with Gasteiger partial charge in [-0.15, -0.1) is 0 Å². The SMILES string of the molecule is CCN(CC(=O)O)C1CC(NC(=O)CC(C)c2ccccc2OC)C1. The largest absolute Gasteiger partial charge is 0.496 e. The number of rotatable bonds is 9. The lowest BCUT2D eigenvalue weighted by atomic mass is 9.85. The van der Waals surface area contributed by atoms with E-state index in [1.54, 1.807) is 7.11 Å². The van der Waals surface area contributed by atoms with Crippen LogP contribution in [0.1, 0.15) is 44.6 Å². The van der Waals surface area contributed by atoms with Crippen LogP contribution in [-0.4, -0.2) is 54.2 Å². The lowest BCUT2D eigenvalue weighted by Crippen LogP contribution is -2.54. The fraction of sp³-hybridized carbons (Fsp3) is 0.579. The van der Waals surface area contributed by atoms with Crippen LogP contribution >= 0.6 is 0 Å². The topological polar surface area (TPSA) is 78.9 Å². The van der Waals surface area contributed by atoms with E-state index in [9.17, 15) is 9.59 Å². The molecule has 1 unspecified atom stereocenters. The highest BCUT2D eigenvalue weighted by atomic mass is 16.5. The quantitative estimate of drug-likeness (QED) is 0.715. The highest BCUT2D eigenvalue weighted by molar-refractivity contribution is 5.77. The van der Waals surface area contributed by atoms with Crippen molar-refractivity contribution in [3.8, 4) is 5.75 Å². The third-order valence-electron chi connectivity index (χ3n) is 4.90. The number of nitrogens with zero attached hydrogens (tertiary/aromatic N) is 1. The molecule has 25 heavy (non-hydrogen) atoms. The van der Waals surface area contributed by atoms with Crippen molar-refractivity contribution >= 4 is 11.9 Å². The number of nitrogens with one attached hydrogen (secondary N) is 1. The molecule has 1 aliphatic carbocycles. The molecule has 0 aromatic heterocycles. The molecule has 1 aromatic carbocycles. The number of benzene rings is 1. The molecule has 0 heterocycles. The third-order valence-corrected chi connectivity index (χ3v) is 4.90. The minimum absolute atomic E-state index is 0.0307. The number of carboxylic acid groups (broad SMARTS) is 1. The van der Waals surface area contributed by atoms with E-state index in [1.807, 2.05) is 43.0 Å². The van der Waals surface area contributed by atoms with Crippen LogP contribution in [-0.2, 0) is 9.59 Å². The van der Waals surface area contributed by atoms with Crippen LogP contribution in [0.5, 0.6) is 5.75 Å². The van der Waals surface area contributed by atoms with Gasteiger partial charge in [-0.05, 0) is 36.9 Å². The summed E-state index contributed by atoms with van der Waals surface area (Å²) in [6, 6.07) is 8.15. The normalized spacial score (nSPS) is 20.6. The van der Waals surface area contributed by atoms with E-state index in [0.717, 1.165) is 24.2 Å². The Labute approximate surface area is 149 Å². The van der Waals surface area contributed by atoms with Crippen molar-refractivity contribution in [3.05, 3.63) is 29.8 Å². The lowest BCUT2D eigenvalue weighted by Gasteiger charge is -2.42. The lowest BCUT2D eigenvalue weighted by molar-refractivity contribution is -0.139. The first-order valence-electron chi connectivity index (χ1n) is 8.82. The Bertz CT molecular complexity index is 599. The Kier molecular flexibility index (Phi) is 6.82. The van der Waals surface area contributed by atoms with Gasteiger partial charge in [-0.2, -0.15) is 0 Å². The molecule has 2 N–H and O–H groups in total. The highest BCUT2D eigenvalue weighted by Gasteiger charge is 2.34. The molecule has 1 atom stereocenters. The average molecular weight is 348 g/mol. The Morgan fingerprint density at radius 3 is 2.64 bits per heavy atom. The third kappa shape index (κ3) is 5.19. The molecular formula is C19H28N2O4. The minimum atomic E-state index is -0.806. The second kappa shape index (κ2) is 8.85. The molecule has 1 saturated carbocycles. The van der Waals surface area contributed by atoms with Crippen molar-refractivity contribution in [3.63, 3.8) is 0 Å². The van der Waals surface area contributed by atoms with Gasteiger partial charge in [0, 0.05) is 18.5 Å². The summed E-state index contributed by atoms with van der Waals surface area (Å²) < 4.78 is 5.36. The van der Waals surface area contributed by atoms with E-state index < -0.39 is 5.97 Å². The summed E-state index contributed by atoms with van der Waals surface area (Å²) in [5, 5.41) is 12.0. The summed E-state index contributed by atoms with van der Waals surface area (Å²) in [7, 11) is 1.64. The van der Waals surface area contributed by atoms with Gasteiger partial charge >= 0.3 is 5.97 Å². The number of carboxylic acids is 1. The maximum Gasteiger partial charge on any atom is 0.317 e. The molecule has 2 rings (SSSR count). The summed E-state index contributed by atoms with van der Waals surface area (Å²) in [5.74, 6) is 0.105. The second-order valence-corrected chi connectivity index (χ2v) is 6.69. The van der Waals surface area contributed by atoms with Gasteiger partial charge in [-0.3, -0.25) is 14.5 Å². The number of carbonyl (C=O) groups excluding carboxylic acids is 1. The van der Waals surface area contributed by atoms with Crippen LogP contribution < -0.4 is 10.1 Å². The van der Waals surface area contributed by atoms with Crippen LogP contribution in [0.2, 0.25) is 0 Å². The molecule has 138 valence electrons. The van der Waals surface area contributed by atoms with Gasteiger partial charge in [-0.25, -0.2) is 0 Å². The molecule has 1 fully saturated rings. The molecule has 6 heteroatoms. The molecule has 6 nitrogen and oxygen atoms in total. The fourth-order valence-electron chi connectivity index (χ4n) is 3.42. The standard InChI is InChI=1S/C19H28N2O4/c1-4-21(12-19(23)24)15-10-14(11-15)20-18(22)9-13(2)16-7-5-6-8-17(16)25-3/h5-8,13-15H,4,9-12H2,1-3H3,(H,20,22)(H,23,24). The van der Waals surface area contributed by atoms with E-state index in [2.05, 4.69) is 5.32 Å². The van der Waals surface area contributed by atoms with E-state index in [-0.39, 0.29) is 30.5 Å². The Morgan fingerprint density at radius 2 is 2.04 bits per heavy atom. The molecule has 0 radical (unpaired) electrons. The van der Waals surface area contributed by atoms with Gasteiger partial charge in [0.15, 0.2) is 0 Å². The van der Waals surface area contributed by atoms with Gasteiger partial charge in [0.2, 0.25) is 5.91 Å². The summed E-state index contributed by atoms with van der Waals surface area (Å²) in [6.45, 7) is 4.76. The van der Waals surface area contributed by atoms with Crippen molar-refractivity contribution in [2.45, 2.75) is 51.1 Å². The number of likely N-dealkylation sites (N-methyl/N-ethyl adjacent to an activating group) is 1. The first-order valence-corrected chi connectivity index (χ1v) is 8.82. The van der Waals surface area contributed by atoms with Crippen molar-refractivity contribution < 1.29 is 19.4 Å². The number of ether oxygens (including phenoxy) is 1. The number of amides is 1. The van der Waals surface area contributed by atoms with Gasteiger partial charge in [0.25, 0.3) is 0 Å². The van der Waals surface area contributed by atoms with Crippen LogP contribution in [0.3, 0.4) is 0 Å². The predicted octanol–water partition coefficient (Wildman–Crippen LogP) is 2.24. The van der Waals surface area contributed by atoms with Crippen molar-refractivity contribution in [2.75, 3.05) is 20.2 Å². The minimum Gasteiger partial charge on any atom is -0.496 e. The number of hydrogen-bond donors (Lipinski definition) is 2. The zero-order valence-corrected chi connectivity index (χ0v) is 15.2. The Hall–Kier alpha value is -2.08. The molecule has 1 amide bonds. The first kappa shape index (κ1) is 19.2. The average Bonchev–Trinajstić information content (AvgIpc) is 2.55. The number of carbonyl (C=O) groups is 2. The summed E-state index contributed by atoms with van der Waals surface area (Å²) >= 11 is 0. The van der Waals surface area contributed by atoms with Crippen LogP contribution in [0.4, 0.5) is 0 Å². The molecule has 0 aliphatic heterocycles. The molecule has 0 bridgehead atoms. The molecule has 0 saturated heterocycles. The predicted molar refractivity (Wildman–Crippen MR) is 95.9 cm³/mol. The van der Waals surface area contributed by atoms with Crippen molar-refractivity contribution in [1.82, 2.24) is 10.2 Å². The molecule has 1 aliphatic rings. The van der Waals surface area contributed by atoms with Crippen molar-refractivity contribution in [1.29, 1.82) is 0 Å². The zero-order chi connectivity index (χ0) is 18.4. The molecule has 0 spiro atoms. The van der Waals surface area contributed by atoms with E-state index in [4.69, 9.17) is 9.84 Å². The van der Waals surface area contributed by atoms with Gasteiger partial charge in [0.1, 0.15) is 5.75 Å². The summed E-state index contributed by atoms with van der Waals surface area (Å²) in [4.78, 5) is 25.1. The molecule has 1 aromatic rings. The number of hydrogen-bond acceptors (Lipinski definition) is 4. The van der Waals surface area contributed by atoms with Gasteiger partial charge in [0.05, 0.1) is 13.7 Å². The smallest absolute Gasteiger partial charge is 0.317 e. The number of aliphatic carboxylic acids is 1. The summed E-state index contributed by atoms with van der Waals surface area (Å²) in [6.07, 6.45) is 2.04.